The third-order valence-electron chi connectivity index (χ3n) is 10.4. The molecule has 0 radical (unpaired) electrons. The molecule has 5 heteroatoms. The van der Waals surface area contributed by atoms with E-state index in [1.807, 2.05) is 97.1 Å². The maximum absolute atomic E-state index is 14.5. The molecule has 0 aliphatic carbocycles. The summed E-state index contributed by atoms with van der Waals surface area (Å²) in [6, 6.07) is 65.7. The third-order valence-corrected chi connectivity index (χ3v) is 12.2. The second-order valence-electron chi connectivity index (χ2n) is 13.4. The number of aromatic nitrogens is 1. The Bertz CT molecular complexity index is 2800. The fourth-order valence-electron chi connectivity index (χ4n) is 7.82. The van der Waals surface area contributed by atoms with Crippen LogP contribution in [0.5, 0.6) is 0 Å². The van der Waals surface area contributed by atoms with Gasteiger partial charge in [0, 0.05) is 44.6 Å². The van der Waals surface area contributed by atoms with Crippen molar-refractivity contribution in [1.29, 1.82) is 0 Å². The van der Waals surface area contributed by atoms with E-state index in [-0.39, 0.29) is 0 Å². The van der Waals surface area contributed by atoms with Crippen molar-refractivity contribution in [2.24, 2.45) is 0 Å². The van der Waals surface area contributed by atoms with Crippen molar-refractivity contribution in [1.82, 2.24) is 4.57 Å². The van der Waals surface area contributed by atoms with Crippen molar-refractivity contribution in [3.8, 4) is 39.1 Å². The van der Waals surface area contributed by atoms with Gasteiger partial charge in [-0.05, 0) is 82.9 Å². The molecule has 9 aromatic rings. The van der Waals surface area contributed by atoms with Gasteiger partial charge < -0.3 is 9.47 Å². The Kier molecular flexibility index (Phi) is 7.17. The zero-order valence-corrected chi connectivity index (χ0v) is 29.4. The first kappa shape index (κ1) is 31.1. The minimum atomic E-state index is -3.83. The molecule has 0 atom stereocenters. The van der Waals surface area contributed by atoms with Crippen LogP contribution in [0.1, 0.15) is 0 Å². The van der Waals surface area contributed by atoms with E-state index in [4.69, 9.17) is 0 Å². The van der Waals surface area contributed by atoms with E-state index in [1.165, 1.54) is 0 Å². The van der Waals surface area contributed by atoms with Crippen LogP contribution in [0, 0.1) is 0 Å². The summed E-state index contributed by atoms with van der Waals surface area (Å²) in [5, 5.41) is 2.26. The molecule has 1 aromatic heterocycles. The molecule has 4 nitrogen and oxygen atoms in total. The zero-order valence-electron chi connectivity index (χ0n) is 28.6. The Balaban J connectivity index is 1.08. The number of sulfone groups is 1. The molecule has 1 aliphatic rings. The number of benzene rings is 8. The van der Waals surface area contributed by atoms with Crippen molar-refractivity contribution in [3.05, 3.63) is 194 Å². The molecule has 0 unspecified atom stereocenters. The molecular weight excluding hydrogens is 669 g/mol. The number of hydrogen-bond acceptors (Lipinski definition) is 3. The van der Waals surface area contributed by atoms with Crippen LogP contribution in [0.25, 0.3) is 60.9 Å². The third kappa shape index (κ3) is 5.08. The van der Waals surface area contributed by atoms with Gasteiger partial charge in [-0.2, -0.15) is 0 Å². The van der Waals surface area contributed by atoms with Gasteiger partial charge in [-0.15, -0.1) is 0 Å². The van der Waals surface area contributed by atoms with Crippen LogP contribution < -0.4 is 4.90 Å². The summed E-state index contributed by atoms with van der Waals surface area (Å²) in [7, 11) is -3.83. The normalized spacial score (nSPS) is 12.8. The molecule has 0 fully saturated rings. The molecule has 252 valence electrons. The van der Waals surface area contributed by atoms with Gasteiger partial charge in [0.15, 0.2) is 0 Å². The van der Waals surface area contributed by atoms with E-state index >= 15 is 0 Å². The van der Waals surface area contributed by atoms with Crippen LogP contribution in [-0.2, 0) is 9.84 Å². The summed E-state index contributed by atoms with van der Waals surface area (Å²) < 4.78 is 31.3. The fourth-order valence-corrected chi connectivity index (χ4v) is 9.55. The van der Waals surface area contributed by atoms with E-state index in [9.17, 15) is 8.42 Å². The molecule has 2 heterocycles. The molecule has 0 saturated carbocycles. The summed E-state index contributed by atoms with van der Waals surface area (Å²) in [6.45, 7) is 0. The van der Waals surface area contributed by atoms with Crippen molar-refractivity contribution < 1.29 is 8.42 Å². The van der Waals surface area contributed by atoms with Gasteiger partial charge in [-0.25, -0.2) is 8.42 Å². The Morgan fingerprint density at radius 2 is 0.792 bits per heavy atom. The lowest BCUT2D eigenvalue weighted by atomic mass is 10.0. The highest BCUT2D eigenvalue weighted by Crippen LogP contribution is 2.48. The van der Waals surface area contributed by atoms with Crippen LogP contribution in [0.2, 0.25) is 0 Å². The topological polar surface area (TPSA) is 42.3 Å². The van der Waals surface area contributed by atoms with Gasteiger partial charge in [0.1, 0.15) is 0 Å². The number of anilines is 3. The molecular formula is C48H32N2O2S. The monoisotopic (exact) mass is 700 g/mol. The van der Waals surface area contributed by atoms with Crippen molar-refractivity contribution in [2.75, 3.05) is 4.90 Å². The zero-order chi connectivity index (χ0) is 35.5. The minimum Gasteiger partial charge on any atom is -0.310 e. The second kappa shape index (κ2) is 12.2. The lowest BCUT2D eigenvalue weighted by Crippen LogP contribution is -2.10. The first-order valence-electron chi connectivity index (χ1n) is 17.7. The Morgan fingerprint density at radius 3 is 1.32 bits per heavy atom. The smallest absolute Gasteiger partial charge is 0.207 e. The van der Waals surface area contributed by atoms with Crippen molar-refractivity contribution in [2.45, 2.75) is 9.79 Å². The average molecular weight is 701 g/mol. The molecule has 0 bridgehead atoms. The second-order valence-corrected chi connectivity index (χ2v) is 15.3. The van der Waals surface area contributed by atoms with E-state index < -0.39 is 9.84 Å². The van der Waals surface area contributed by atoms with Gasteiger partial charge in [0.25, 0.3) is 0 Å². The van der Waals surface area contributed by atoms with Gasteiger partial charge in [0.2, 0.25) is 9.84 Å². The van der Waals surface area contributed by atoms with Crippen LogP contribution in [0.4, 0.5) is 17.1 Å². The Hall–Kier alpha value is -6.69. The average Bonchev–Trinajstić information content (AvgIpc) is 3.67. The number of nitrogens with zero attached hydrogens (tertiary/aromatic N) is 2. The van der Waals surface area contributed by atoms with Crippen LogP contribution >= 0.6 is 0 Å². The van der Waals surface area contributed by atoms with Crippen LogP contribution in [-0.4, -0.2) is 13.0 Å². The first-order valence-corrected chi connectivity index (χ1v) is 19.2. The molecule has 0 N–H and O–H groups in total. The molecule has 1 aliphatic heterocycles. The highest BCUT2D eigenvalue weighted by atomic mass is 32.2. The van der Waals surface area contributed by atoms with Crippen molar-refractivity contribution >= 4 is 48.7 Å². The maximum atomic E-state index is 14.5. The summed E-state index contributed by atoms with van der Waals surface area (Å²) >= 11 is 0. The van der Waals surface area contributed by atoms with Crippen LogP contribution in [0.3, 0.4) is 0 Å². The van der Waals surface area contributed by atoms with E-state index in [0.717, 1.165) is 77.9 Å². The number of rotatable bonds is 6. The molecule has 0 saturated heterocycles. The molecule has 53 heavy (non-hydrogen) atoms. The highest BCUT2D eigenvalue weighted by Gasteiger charge is 2.34. The van der Waals surface area contributed by atoms with E-state index in [2.05, 4.69) is 107 Å². The predicted molar refractivity (Wildman–Crippen MR) is 217 cm³/mol. The number of fused-ring (bicyclic) bond motifs is 6. The van der Waals surface area contributed by atoms with Gasteiger partial charge >= 0.3 is 0 Å². The summed E-state index contributed by atoms with van der Waals surface area (Å²) in [4.78, 5) is 2.78. The first-order chi connectivity index (χ1) is 26.0. The summed E-state index contributed by atoms with van der Waals surface area (Å²) in [6.07, 6.45) is 0. The predicted octanol–water partition coefficient (Wildman–Crippen LogP) is 12.4. The Labute approximate surface area is 308 Å². The van der Waals surface area contributed by atoms with Gasteiger partial charge in [-0.1, -0.05) is 133 Å². The largest absolute Gasteiger partial charge is 0.310 e. The number of para-hydroxylation sites is 2. The molecule has 0 spiro atoms. The highest BCUT2D eigenvalue weighted by molar-refractivity contribution is 7.92. The van der Waals surface area contributed by atoms with Crippen LogP contribution in [0.15, 0.2) is 204 Å². The Morgan fingerprint density at radius 1 is 0.377 bits per heavy atom. The molecule has 8 aromatic carbocycles. The van der Waals surface area contributed by atoms with Gasteiger partial charge in [-0.3, -0.25) is 0 Å². The SMILES string of the molecule is O=S1(=O)c2cc(N(c3ccc(-c4ccccc4)cc3)c3ccc(-c4ccccc4)cc3)ccc2-c2ccc(-n3c4ccccc4c4ccccc43)cc21. The fraction of sp³-hybridized carbons (Fsp3) is 0. The maximum Gasteiger partial charge on any atom is 0.207 e. The quantitative estimate of drug-likeness (QED) is 0.173. The van der Waals surface area contributed by atoms with Gasteiger partial charge in [0.05, 0.1) is 20.8 Å². The van der Waals surface area contributed by atoms with E-state index in [1.54, 1.807) is 0 Å². The number of hydrogen-bond donors (Lipinski definition) is 0. The minimum absolute atomic E-state index is 0.316. The molecule has 10 rings (SSSR count). The summed E-state index contributed by atoms with van der Waals surface area (Å²) in [5.41, 5.74) is 11.5. The molecule has 0 amide bonds. The lowest BCUT2D eigenvalue weighted by Gasteiger charge is -2.26. The van der Waals surface area contributed by atoms with Crippen molar-refractivity contribution in [3.63, 3.8) is 0 Å². The lowest BCUT2D eigenvalue weighted by molar-refractivity contribution is 0.598. The standard InChI is InChI=1S/C48H32N2O2S/c51-53(52)47-31-39(27-29-43(47)44-30-28-40(32-48(44)53)50-45-17-9-7-15-41(45)42-16-8-10-18-46(42)50)49(37-23-19-35(20-24-37)33-11-3-1-4-12-33)38-25-21-36(22-26-38)34-13-5-2-6-14-34/h1-32H. The van der Waals surface area contributed by atoms with E-state index in [0.29, 0.717) is 9.79 Å². The summed E-state index contributed by atoms with van der Waals surface area (Å²) in [5.74, 6) is 0.